The van der Waals surface area contributed by atoms with Crippen LogP contribution in [0, 0.1) is 12.8 Å². The minimum atomic E-state index is 0.0362. The normalized spacial score (nSPS) is 26.4. The van der Waals surface area contributed by atoms with E-state index < -0.39 is 0 Å². The number of piperidine rings is 1. The van der Waals surface area contributed by atoms with E-state index in [0.29, 0.717) is 18.9 Å². The topological polar surface area (TPSA) is 55.3 Å². The van der Waals surface area contributed by atoms with Crippen LogP contribution in [-0.4, -0.2) is 40.0 Å². The fourth-order valence-electron chi connectivity index (χ4n) is 3.68. The molecule has 0 unspecified atom stereocenters. The maximum atomic E-state index is 12.5. The van der Waals surface area contributed by atoms with Crippen molar-refractivity contribution in [1.29, 1.82) is 0 Å². The average Bonchev–Trinajstić information content (AvgIpc) is 3.23. The van der Waals surface area contributed by atoms with E-state index in [2.05, 4.69) is 9.97 Å². The average molecular weight is 343 g/mol. The van der Waals surface area contributed by atoms with E-state index in [4.69, 9.17) is 4.74 Å². The molecular weight excluding hydrogens is 322 g/mol. The molecule has 24 heavy (non-hydrogen) atoms. The lowest BCUT2D eigenvalue weighted by Crippen LogP contribution is -2.45. The summed E-state index contributed by atoms with van der Waals surface area (Å²) in [7, 11) is 0. The second kappa shape index (κ2) is 6.61. The third-order valence-corrected chi connectivity index (χ3v) is 5.81. The summed E-state index contributed by atoms with van der Waals surface area (Å²) in [5.41, 5.74) is 0.966. The van der Waals surface area contributed by atoms with Crippen LogP contribution in [0.5, 0.6) is 0 Å². The third kappa shape index (κ3) is 3.21. The van der Waals surface area contributed by atoms with Gasteiger partial charge in [-0.15, -0.1) is 11.3 Å². The van der Waals surface area contributed by atoms with Gasteiger partial charge in [-0.2, -0.15) is 0 Å². The molecule has 2 saturated heterocycles. The summed E-state index contributed by atoms with van der Waals surface area (Å²) >= 11 is 1.64. The van der Waals surface area contributed by atoms with E-state index in [9.17, 15) is 4.79 Å². The lowest BCUT2D eigenvalue weighted by molar-refractivity contribution is -0.134. The Bertz CT molecular complexity index is 719. The lowest BCUT2D eigenvalue weighted by atomic mass is 9.91. The van der Waals surface area contributed by atoms with Crippen molar-refractivity contribution in [2.45, 2.75) is 38.4 Å². The Labute approximate surface area is 145 Å². The smallest absolute Gasteiger partial charge is 0.227 e. The predicted molar refractivity (Wildman–Crippen MR) is 91.7 cm³/mol. The van der Waals surface area contributed by atoms with Crippen LogP contribution >= 0.6 is 11.3 Å². The van der Waals surface area contributed by atoms with E-state index in [1.165, 1.54) is 0 Å². The van der Waals surface area contributed by atoms with Gasteiger partial charge in [0.15, 0.2) is 0 Å². The first-order valence-corrected chi connectivity index (χ1v) is 9.32. The molecule has 1 amide bonds. The van der Waals surface area contributed by atoms with E-state index in [1.807, 2.05) is 35.4 Å². The largest absolute Gasteiger partial charge is 0.367 e. The van der Waals surface area contributed by atoms with E-state index in [1.54, 1.807) is 17.5 Å². The maximum Gasteiger partial charge on any atom is 0.227 e. The maximum absolute atomic E-state index is 12.5. The number of likely N-dealkylation sites (tertiary alicyclic amines) is 1. The number of aromatic nitrogens is 2. The number of fused-ring (bicyclic) bond motifs is 1. The Morgan fingerprint density at radius 1 is 1.46 bits per heavy atom. The first-order chi connectivity index (χ1) is 11.7. The molecule has 4 rings (SSSR count). The molecule has 0 bridgehead atoms. The minimum Gasteiger partial charge on any atom is -0.367 e. The monoisotopic (exact) mass is 343 g/mol. The molecule has 2 aromatic heterocycles. The van der Waals surface area contributed by atoms with Crippen LogP contribution in [0.4, 0.5) is 0 Å². The quantitative estimate of drug-likeness (QED) is 0.860. The summed E-state index contributed by atoms with van der Waals surface area (Å²) < 4.78 is 6.24. The molecule has 0 aromatic carbocycles. The van der Waals surface area contributed by atoms with Gasteiger partial charge in [0.25, 0.3) is 0 Å². The van der Waals surface area contributed by atoms with Gasteiger partial charge in [-0.25, -0.2) is 9.97 Å². The van der Waals surface area contributed by atoms with Crippen molar-refractivity contribution in [1.82, 2.24) is 14.9 Å². The molecule has 0 N–H and O–H groups in total. The van der Waals surface area contributed by atoms with Crippen LogP contribution in [0.1, 0.15) is 35.3 Å². The Hall–Kier alpha value is -1.79. The molecule has 2 fully saturated rings. The number of ether oxygens (including phenoxy) is 1. The number of amides is 1. The molecule has 3 atom stereocenters. The second-order valence-corrected chi connectivity index (χ2v) is 7.60. The van der Waals surface area contributed by atoms with Crippen molar-refractivity contribution in [3.63, 3.8) is 0 Å². The van der Waals surface area contributed by atoms with Crippen molar-refractivity contribution in [2.24, 2.45) is 5.92 Å². The number of rotatable bonds is 3. The molecule has 126 valence electrons. The lowest BCUT2D eigenvalue weighted by Gasteiger charge is -2.34. The number of aryl methyl sites for hydroxylation is 1. The first kappa shape index (κ1) is 15.7. The minimum absolute atomic E-state index is 0.0362. The highest BCUT2D eigenvalue weighted by molar-refractivity contribution is 7.10. The zero-order chi connectivity index (χ0) is 16.5. The molecule has 2 aromatic rings. The molecule has 0 aliphatic carbocycles. The van der Waals surface area contributed by atoms with Crippen molar-refractivity contribution < 1.29 is 9.53 Å². The summed E-state index contributed by atoms with van der Waals surface area (Å²) in [6.07, 6.45) is 4.47. The summed E-state index contributed by atoms with van der Waals surface area (Å²) in [6, 6.07) is 5.96. The summed E-state index contributed by atoms with van der Waals surface area (Å²) in [6.45, 7) is 3.44. The summed E-state index contributed by atoms with van der Waals surface area (Å²) in [5.74, 6) is 1.51. The molecular formula is C18H21N3O2S. The Balaban J connectivity index is 1.39. The van der Waals surface area contributed by atoms with Gasteiger partial charge < -0.3 is 9.64 Å². The highest BCUT2D eigenvalue weighted by atomic mass is 32.1. The Kier molecular flexibility index (Phi) is 4.33. The first-order valence-electron chi connectivity index (χ1n) is 8.44. The van der Waals surface area contributed by atoms with Gasteiger partial charge in [0.05, 0.1) is 18.2 Å². The number of hydrogen-bond donors (Lipinski definition) is 0. The van der Waals surface area contributed by atoms with Crippen LogP contribution in [-0.2, 0) is 16.0 Å². The van der Waals surface area contributed by atoms with Crippen LogP contribution in [0.2, 0.25) is 0 Å². The van der Waals surface area contributed by atoms with Gasteiger partial charge >= 0.3 is 0 Å². The van der Waals surface area contributed by atoms with E-state index in [-0.39, 0.29) is 18.1 Å². The van der Waals surface area contributed by atoms with E-state index in [0.717, 1.165) is 35.8 Å². The molecule has 6 heteroatoms. The van der Waals surface area contributed by atoms with Crippen LogP contribution < -0.4 is 0 Å². The SMILES string of the molecule is Cc1nccc([C@H]2C[C@@H]3CCN(C(=O)Cc4cccs4)C[C@H]3O2)n1. The van der Waals surface area contributed by atoms with Gasteiger partial charge in [-0.3, -0.25) is 4.79 Å². The van der Waals surface area contributed by atoms with Crippen LogP contribution in [0.25, 0.3) is 0 Å². The number of carbonyl (C=O) groups excluding carboxylic acids is 1. The third-order valence-electron chi connectivity index (χ3n) is 4.94. The molecule has 4 heterocycles. The standard InChI is InChI=1S/C18H21N3O2S/c1-12-19-6-4-15(20-12)16-9-13-5-7-21(11-17(13)23-16)18(22)10-14-3-2-8-24-14/h2-4,6,8,13,16-17H,5,7,9-11H2,1H3/t13-,16+,17+/m0/s1. The zero-order valence-corrected chi connectivity index (χ0v) is 14.5. The van der Waals surface area contributed by atoms with Gasteiger partial charge in [-0.05, 0) is 43.2 Å². The van der Waals surface area contributed by atoms with Crippen molar-refractivity contribution in [3.8, 4) is 0 Å². The molecule has 0 spiro atoms. The van der Waals surface area contributed by atoms with Crippen molar-refractivity contribution in [2.75, 3.05) is 13.1 Å². The molecule has 5 nitrogen and oxygen atoms in total. The summed E-state index contributed by atoms with van der Waals surface area (Å²) in [4.78, 5) is 24.3. The predicted octanol–water partition coefficient (Wildman–Crippen LogP) is 2.77. The molecule has 0 radical (unpaired) electrons. The van der Waals surface area contributed by atoms with Gasteiger partial charge in [0, 0.05) is 24.2 Å². The van der Waals surface area contributed by atoms with Gasteiger partial charge in [0.2, 0.25) is 5.91 Å². The Morgan fingerprint density at radius 3 is 3.17 bits per heavy atom. The van der Waals surface area contributed by atoms with Crippen LogP contribution in [0.15, 0.2) is 29.8 Å². The number of carbonyl (C=O) groups is 1. The Morgan fingerprint density at radius 2 is 2.38 bits per heavy atom. The fourth-order valence-corrected chi connectivity index (χ4v) is 4.37. The van der Waals surface area contributed by atoms with Crippen molar-refractivity contribution in [3.05, 3.63) is 46.2 Å². The van der Waals surface area contributed by atoms with Gasteiger partial charge in [0.1, 0.15) is 11.9 Å². The highest BCUT2D eigenvalue weighted by Gasteiger charge is 2.41. The highest BCUT2D eigenvalue weighted by Crippen LogP contribution is 2.40. The van der Waals surface area contributed by atoms with Crippen molar-refractivity contribution >= 4 is 17.2 Å². The van der Waals surface area contributed by atoms with E-state index >= 15 is 0 Å². The zero-order valence-electron chi connectivity index (χ0n) is 13.7. The number of hydrogen-bond acceptors (Lipinski definition) is 5. The summed E-state index contributed by atoms with van der Waals surface area (Å²) in [5, 5.41) is 2.02. The molecule has 2 aliphatic rings. The molecule has 0 saturated carbocycles. The molecule has 2 aliphatic heterocycles. The van der Waals surface area contributed by atoms with Gasteiger partial charge in [-0.1, -0.05) is 6.07 Å². The second-order valence-electron chi connectivity index (χ2n) is 6.57. The number of nitrogens with zero attached hydrogens (tertiary/aromatic N) is 3. The number of thiophene rings is 1. The van der Waals surface area contributed by atoms with Crippen LogP contribution in [0.3, 0.4) is 0 Å². The fraction of sp³-hybridized carbons (Fsp3) is 0.500.